The van der Waals surface area contributed by atoms with Crippen LogP contribution in [0.25, 0.3) is 0 Å². The number of aromatic nitrogens is 2. The van der Waals surface area contributed by atoms with E-state index in [1.807, 2.05) is 45.4 Å². The summed E-state index contributed by atoms with van der Waals surface area (Å²) in [6.45, 7) is 2.51. The summed E-state index contributed by atoms with van der Waals surface area (Å²) < 4.78 is 1.74. The van der Waals surface area contributed by atoms with Gasteiger partial charge in [0.2, 0.25) is 0 Å². The molecule has 5 heteroatoms. The Bertz CT molecular complexity index is 618. The Hall–Kier alpha value is -2.30. The Morgan fingerprint density at radius 3 is 2.75 bits per heavy atom. The molecule has 1 aromatic heterocycles. The largest absolute Gasteiger partial charge is 0.388 e. The number of amides is 1. The van der Waals surface area contributed by atoms with Crippen molar-refractivity contribution in [3.8, 4) is 0 Å². The van der Waals surface area contributed by atoms with E-state index < -0.39 is 0 Å². The topological polar surface area (TPSA) is 50.2 Å². The van der Waals surface area contributed by atoms with Gasteiger partial charge in [-0.2, -0.15) is 5.10 Å². The standard InChI is InChI=1S/C15H20N4O/c1-11-7-13(16-2)5-6-14(11)15(20)18(3)9-12-8-17-19(4)10-12/h5-8,10,16H,9H2,1-4H3. The van der Waals surface area contributed by atoms with Crippen molar-refractivity contribution >= 4 is 11.6 Å². The van der Waals surface area contributed by atoms with Gasteiger partial charge in [-0.25, -0.2) is 0 Å². The van der Waals surface area contributed by atoms with Crippen LogP contribution in [-0.4, -0.2) is 34.7 Å². The molecule has 2 rings (SSSR count). The maximum Gasteiger partial charge on any atom is 0.254 e. The maximum atomic E-state index is 12.5. The second kappa shape index (κ2) is 5.77. The minimum Gasteiger partial charge on any atom is -0.388 e. The smallest absolute Gasteiger partial charge is 0.254 e. The van der Waals surface area contributed by atoms with E-state index in [1.54, 1.807) is 22.8 Å². The van der Waals surface area contributed by atoms with E-state index in [1.165, 1.54) is 0 Å². The lowest BCUT2D eigenvalue weighted by molar-refractivity contribution is 0.0784. The molecule has 0 radical (unpaired) electrons. The van der Waals surface area contributed by atoms with Gasteiger partial charge in [-0.1, -0.05) is 0 Å². The lowest BCUT2D eigenvalue weighted by Gasteiger charge is -2.18. The molecule has 0 aliphatic heterocycles. The summed E-state index contributed by atoms with van der Waals surface area (Å²) in [7, 11) is 5.54. The van der Waals surface area contributed by atoms with Crippen molar-refractivity contribution in [3.05, 3.63) is 47.3 Å². The summed E-state index contributed by atoms with van der Waals surface area (Å²) in [5.41, 5.74) is 3.73. The van der Waals surface area contributed by atoms with Crippen LogP contribution in [0.5, 0.6) is 0 Å². The molecule has 0 aliphatic carbocycles. The molecule has 1 aromatic carbocycles. The van der Waals surface area contributed by atoms with Crippen LogP contribution in [0.3, 0.4) is 0 Å². The van der Waals surface area contributed by atoms with E-state index in [-0.39, 0.29) is 5.91 Å². The van der Waals surface area contributed by atoms with Crippen molar-refractivity contribution in [3.63, 3.8) is 0 Å². The molecular weight excluding hydrogens is 252 g/mol. The Morgan fingerprint density at radius 1 is 1.45 bits per heavy atom. The van der Waals surface area contributed by atoms with Gasteiger partial charge in [-0.05, 0) is 30.7 Å². The molecule has 0 atom stereocenters. The predicted molar refractivity (Wildman–Crippen MR) is 79.7 cm³/mol. The van der Waals surface area contributed by atoms with E-state index in [9.17, 15) is 4.79 Å². The second-order valence-corrected chi connectivity index (χ2v) is 4.96. The average molecular weight is 272 g/mol. The zero-order valence-corrected chi connectivity index (χ0v) is 12.3. The van der Waals surface area contributed by atoms with Gasteiger partial charge in [-0.15, -0.1) is 0 Å². The van der Waals surface area contributed by atoms with Gasteiger partial charge in [0, 0.05) is 50.7 Å². The molecule has 106 valence electrons. The fourth-order valence-electron chi connectivity index (χ4n) is 2.16. The third kappa shape index (κ3) is 2.99. The molecule has 1 amide bonds. The van der Waals surface area contributed by atoms with Crippen LogP contribution in [0.4, 0.5) is 5.69 Å². The van der Waals surface area contributed by atoms with Crippen molar-refractivity contribution in [1.29, 1.82) is 0 Å². The molecule has 5 nitrogen and oxygen atoms in total. The minimum atomic E-state index is 0.0222. The highest BCUT2D eigenvalue weighted by Crippen LogP contribution is 2.17. The summed E-state index contributed by atoms with van der Waals surface area (Å²) in [5, 5.41) is 7.18. The number of carbonyl (C=O) groups excluding carboxylic acids is 1. The first-order valence-electron chi connectivity index (χ1n) is 6.52. The number of aryl methyl sites for hydroxylation is 2. The van der Waals surface area contributed by atoms with Crippen LogP contribution in [-0.2, 0) is 13.6 Å². The molecular formula is C15H20N4O. The van der Waals surface area contributed by atoms with Crippen LogP contribution in [0.1, 0.15) is 21.5 Å². The van der Waals surface area contributed by atoms with Crippen LogP contribution >= 0.6 is 0 Å². The Morgan fingerprint density at radius 2 is 2.20 bits per heavy atom. The van der Waals surface area contributed by atoms with Crippen molar-refractivity contribution in [2.45, 2.75) is 13.5 Å². The van der Waals surface area contributed by atoms with E-state index in [4.69, 9.17) is 0 Å². The van der Waals surface area contributed by atoms with Gasteiger partial charge in [0.1, 0.15) is 0 Å². The Balaban J connectivity index is 2.14. The summed E-state index contributed by atoms with van der Waals surface area (Å²) in [6.07, 6.45) is 3.70. The number of anilines is 1. The van der Waals surface area contributed by atoms with Gasteiger partial charge < -0.3 is 10.2 Å². The van der Waals surface area contributed by atoms with Gasteiger partial charge in [-0.3, -0.25) is 9.48 Å². The molecule has 0 unspecified atom stereocenters. The molecule has 2 aromatic rings. The minimum absolute atomic E-state index is 0.0222. The lowest BCUT2D eigenvalue weighted by atomic mass is 10.1. The van der Waals surface area contributed by atoms with Crippen molar-refractivity contribution in [2.75, 3.05) is 19.4 Å². The predicted octanol–water partition coefficient (Wildman–Crippen LogP) is 2.04. The SMILES string of the molecule is CNc1ccc(C(=O)N(C)Cc2cnn(C)c2)c(C)c1. The number of hydrogen-bond donors (Lipinski definition) is 1. The number of benzene rings is 1. The van der Waals surface area contributed by atoms with E-state index in [2.05, 4.69) is 10.4 Å². The van der Waals surface area contributed by atoms with Gasteiger partial charge >= 0.3 is 0 Å². The van der Waals surface area contributed by atoms with E-state index in [0.29, 0.717) is 6.54 Å². The molecule has 0 fully saturated rings. The molecule has 0 aliphatic rings. The highest BCUT2D eigenvalue weighted by atomic mass is 16.2. The molecule has 20 heavy (non-hydrogen) atoms. The summed E-state index contributed by atoms with van der Waals surface area (Å²) in [6, 6.07) is 5.76. The fraction of sp³-hybridized carbons (Fsp3) is 0.333. The third-order valence-corrected chi connectivity index (χ3v) is 3.27. The number of carbonyl (C=O) groups is 1. The molecule has 1 N–H and O–H groups in total. The second-order valence-electron chi connectivity index (χ2n) is 4.96. The monoisotopic (exact) mass is 272 g/mol. The number of nitrogens with one attached hydrogen (secondary N) is 1. The number of hydrogen-bond acceptors (Lipinski definition) is 3. The average Bonchev–Trinajstić information content (AvgIpc) is 2.83. The van der Waals surface area contributed by atoms with Crippen LogP contribution < -0.4 is 5.32 Å². The van der Waals surface area contributed by atoms with Gasteiger partial charge in [0.25, 0.3) is 5.91 Å². The van der Waals surface area contributed by atoms with Gasteiger partial charge in [0.15, 0.2) is 0 Å². The molecule has 0 saturated heterocycles. The molecule has 0 bridgehead atoms. The number of nitrogens with zero attached hydrogens (tertiary/aromatic N) is 3. The van der Waals surface area contributed by atoms with Crippen molar-refractivity contribution < 1.29 is 4.79 Å². The summed E-state index contributed by atoms with van der Waals surface area (Å²) in [5.74, 6) is 0.0222. The lowest BCUT2D eigenvalue weighted by Crippen LogP contribution is -2.26. The Labute approximate surface area is 119 Å². The van der Waals surface area contributed by atoms with E-state index in [0.717, 1.165) is 22.4 Å². The van der Waals surface area contributed by atoms with Gasteiger partial charge in [0.05, 0.1) is 6.20 Å². The highest BCUT2D eigenvalue weighted by Gasteiger charge is 2.15. The van der Waals surface area contributed by atoms with Crippen molar-refractivity contribution in [2.24, 2.45) is 7.05 Å². The van der Waals surface area contributed by atoms with Crippen LogP contribution in [0, 0.1) is 6.92 Å². The highest BCUT2D eigenvalue weighted by molar-refractivity contribution is 5.95. The fourth-order valence-corrected chi connectivity index (χ4v) is 2.16. The first-order chi connectivity index (χ1) is 9.51. The van der Waals surface area contributed by atoms with Crippen LogP contribution in [0.2, 0.25) is 0 Å². The van der Waals surface area contributed by atoms with E-state index >= 15 is 0 Å². The maximum absolute atomic E-state index is 12.5. The third-order valence-electron chi connectivity index (χ3n) is 3.27. The zero-order chi connectivity index (χ0) is 14.7. The number of rotatable bonds is 4. The Kier molecular flexibility index (Phi) is 4.08. The van der Waals surface area contributed by atoms with Crippen molar-refractivity contribution in [1.82, 2.24) is 14.7 Å². The van der Waals surface area contributed by atoms with Crippen LogP contribution in [0.15, 0.2) is 30.6 Å². The normalized spacial score (nSPS) is 10.4. The molecule has 0 spiro atoms. The quantitative estimate of drug-likeness (QED) is 0.926. The summed E-state index contributed by atoms with van der Waals surface area (Å²) in [4.78, 5) is 14.2. The first kappa shape index (κ1) is 14.1. The summed E-state index contributed by atoms with van der Waals surface area (Å²) >= 11 is 0. The zero-order valence-electron chi connectivity index (χ0n) is 12.3. The molecule has 0 saturated carbocycles. The molecule has 1 heterocycles. The first-order valence-corrected chi connectivity index (χ1v) is 6.52.